The lowest BCUT2D eigenvalue weighted by molar-refractivity contribution is -0.0172. The molecule has 0 heterocycles. The maximum Gasteiger partial charge on any atom is 0.106 e. The molecule has 2 aromatic rings. The van der Waals surface area contributed by atoms with Gasteiger partial charge in [-0.25, -0.2) is 0 Å². The second kappa shape index (κ2) is 5.98. The highest BCUT2D eigenvalue weighted by atomic mass is 16.5. The first-order valence-corrected chi connectivity index (χ1v) is 6.46. The summed E-state index contributed by atoms with van der Waals surface area (Å²) in [5.41, 5.74) is 0.952. The quantitative estimate of drug-likeness (QED) is 0.869. The van der Waals surface area contributed by atoms with Crippen molar-refractivity contribution >= 4 is 10.8 Å². The van der Waals surface area contributed by atoms with E-state index in [1.807, 2.05) is 30.3 Å². The van der Waals surface area contributed by atoms with Gasteiger partial charge in [0.05, 0.1) is 6.10 Å². The minimum absolute atomic E-state index is 0.138. The summed E-state index contributed by atoms with van der Waals surface area (Å²) in [6, 6.07) is 14.2. The van der Waals surface area contributed by atoms with Gasteiger partial charge in [0.15, 0.2) is 0 Å². The van der Waals surface area contributed by atoms with Crippen molar-refractivity contribution in [1.29, 1.82) is 0 Å². The Kier molecular flexibility index (Phi) is 4.34. The molecule has 2 unspecified atom stereocenters. The number of hydrogen-bond donors (Lipinski definition) is 1. The molecule has 0 bridgehead atoms. The molecule has 0 aromatic heterocycles. The summed E-state index contributed by atoms with van der Waals surface area (Å²) in [5.74, 6) is 0. The summed E-state index contributed by atoms with van der Waals surface area (Å²) >= 11 is 0. The van der Waals surface area contributed by atoms with E-state index in [0.717, 1.165) is 29.2 Å². The van der Waals surface area contributed by atoms with Gasteiger partial charge in [-0.3, -0.25) is 0 Å². The van der Waals surface area contributed by atoms with Gasteiger partial charge in [-0.1, -0.05) is 55.8 Å². The minimum Gasteiger partial charge on any atom is -0.386 e. The standard InChI is InChI=1S/C16H20O2/c1-3-7-15(18-2)16(17)14-11-6-9-12-8-4-5-10-13(12)14/h4-6,8-11,15-17H,3,7H2,1-2H3. The highest BCUT2D eigenvalue weighted by Gasteiger charge is 2.21. The molecule has 2 aromatic carbocycles. The summed E-state index contributed by atoms with van der Waals surface area (Å²) < 4.78 is 5.41. The van der Waals surface area contributed by atoms with E-state index in [0.29, 0.717) is 0 Å². The van der Waals surface area contributed by atoms with E-state index in [1.54, 1.807) is 7.11 Å². The van der Waals surface area contributed by atoms with Crippen LogP contribution in [0.25, 0.3) is 10.8 Å². The summed E-state index contributed by atoms with van der Waals surface area (Å²) in [7, 11) is 1.66. The Labute approximate surface area is 108 Å². The number of ether oxygens (including phenoxy) is 1. The predicted octanol–water partition coefficient (Wildman–Crippen LogP) is 3.69. The topological polar surface area (TPSA) is 29.5 Å². The van der Waals surface area contributed by atoms with Crippen molar-refractivity contribution in [2.75, 3.05) is 7.11 Å². The number of hydrogen-bond acceptors (Lipinski definition) is 2. The zero-order valence-corrected chi connectivity index (χ0v) is 11.0. The first kappa shape index (κ1) is 13.1. The van der Waals surface area contributed by atoms with Gasteiger partial charge in [-0.05, 0) is 22.8 Å². The first-order chi connectivity index (χ1) is 8.77. The summed E-state index contributed by atoms with van der Waals surface area (Å²) in [6.45, 7) is 2.10. The number of fused-ring (bicyclic) bond motifs is 1. The molecule has 0 amide bonds. The Hall–Kier alpha value is -1.38. The van der Waals surface area contributed by atoms with E-state index in [1.165, 1.54) is 0 Å². The SMILES string of the molecule is CCCC(OC)C(O)c1cccc2ccccc12. The molecule has 0 saturated heterocycles. The van der Waals surface area contributed by atoms with Crippen LogP contribution in [0.15, 0.2) is 42.5 Å². The summed E-state index contributed by atoms with van der Waals surface area (Å²) in [5, 5.41) is 12.7. The van der Waals surface area contributed by atoms with E-state index in [2.05, 4.69) is 19.1 Å². The molecule has 96 valence electrons. The number of methoxy groups -OCH3 is 1. The molecule has 2 nitrogen and oxygen atoms in total. The third-order valence-corrected chi connectivity index (χ3v) is 3.37. The van der Waals surface area contributed by atoms with Crippen LogP contribution in [0.4, 0.5) is 0 Å². The molecular weight excluding hydrogens is 224 g/mol. The van der Waals surface area contributed by atoms with Crippen LogP contribution in [0, 0.1) is 0 Å². The Balaban J connectivity index is 2.40. The van der Waals surface area contributed by atoms with E-state index in [4.69, 9.17) is 4.74 Å². The monoisotopic (exact) mass is 244 g/mol. The Bertz CT molecular complexity index is 502. The van der Waals surface area contributed by atoms with Gasteiger partial charge in [-0.2, -0.15) is 0 Å². The van der Waals surface area contributed by atoms with E-state index >= 15 is 0 Å². The second-order valence-corrected chi connectivity index (χ2v) is 4.58. The zero-order valence-electron chi connectivity index (χ0n) is 11.0. The molecule has 2 atom stereocenters. The van der Waals surface area contributed by atoms with Crippen LogP contribution in [0.1, 0.15) is 31.4 Å². The molecule has 0 fully saturated rings. The third-order valence-electron chi connectivity index (χ3n) is 3.37. The zero-order chi connectivity index (χ0) is 13.0. The van der Waals surface area contributed by atoms with Gasteiger partial charge in [0.2, 0.25) is 0 Å². The van der Waals surface area contributed by atoms with Crippen LogP contribution >= 0.6 is 0 Å². The van der Waals surface area contributed by atoms with Gasteiger partial charge < -0.3 is 9.84 Å². The van der Waals surface area contributed by atoms with Gasteiger partial charge in [0.25, 0.3) is 0 Å². The van der Waals surface area contributed by atoms with Gasteiger partial charge in [0.1, 0.15) is 6.10 Å². The minimum atomic E-state index is -0.568. The normalized spacial score (nSPS) is 14.6. The van der Waals surface area contributed by atoms with Gasteiger partial charge in [-0.15, -0.1) is 0 Å². The van der Waals surface area contributed by atoms with Crippen molar-refractivity contribution in [3.05, 3.63) is 48.0 Å². The van der Waals surface area contributed by atoms with E-state index in [-0.39, 0.29) is 6.10 Å². The van der Waals surface area contributed by atoms with Crippen molar-refractivity contribution in [3.8, 4) is 0 Å². The van der Waals surface area contributed by atoms with Crippen molar-refractivity contribution in [1.82, 2.24) is 0 Å². The summed E-state index contributed by atoms with van der Waals surface area (Å²) in [4.78, 5) is 0. The van der Waals surface area contributed by atoms with Gasteiger partial charge in [0, 0.05) is 7.11 Å². The molecule has 0 radical (unpaired) electrons. The predicted molar refractivity (Wildman–Crippen MR) is 74.6 cm³/mol. The number of aliphatic hydroxyl groups excluding tert-OH is 1. The second-order valence-electron chi connectivity index (χ2n) is 4.58. The first-order valence-electron chi connectivity index (χ1n) is 6.46. The maximum absolute atomic E-state index is 10.5. The number of rotatable bonds is 5. The van der Waals surface area contributed by atoms with Crippen molar-refractivity contribution in [2.45, 2.75) is 32.0 Å². The molecule has 0 spiro atoms. The lowest BCUT2D eigenvalue weighted by atomic mass is 9.95. The maximum atomic E-state index is 10.5. The smallest absolute Gasteiger partial charge is 0.106 e. The Morgan fingerprint density at radius 3 is 2.56 bits per heavy atom. The third kappa shape index (κ3) is 2.55. The van der Waals surface area contributed by atoms with Crippen LogP contribution in [-0.4, -0.2) is 18.3 Å². The molecule has 1 N–H and O–H groups in total. The molecule has 18 heavy (non-hydrogen) atoms. The molecule has 2 heteroatoms. The van der Waals surface area contributed by atoms with Crippen LogP contribution < -0.4 is 0 Å². The Morgan fingerprint density at radius 2 is 1.83 bits per heavy atom. The molecule has 0 aliphatic heterocycles. The van der Waals surface area contributed by atoms with Crippen LogP contribution in [0.2, 0.25) is 0 Å². The number of benzene rings is 2. The average molecular weight is 244 g/mol. The Morgan fingerprint density at radius 1 is 1.11 bits per heavy atom. The van der Waals surface area contributed by atoms with Crippen LogP contribution in [0.5, 0.6) is 0 Å². The van der Waals surface area contributed by atoms with E-state index in [9.17, 15) is 5.11 Å². The molecule has 0 saturated carbocycles. The fourth-order valence-corrected chi connectivity index (χ4v) is 2.40. The highest BCUT2D eigenvalue weighted by molar-refractivity contribution is 5.86. The lowest BCUT2D eigenvalue weighted by Gasteiger charge is -2.22. The molecule has 0 aliphatic carbocycles. The molecule has 0 aliphatic rings. The highest BCUT2D eigenvalue weighted by Crippen LogP contribution is 2.28. The fourth-order valence-electron chi connectivity index (χ4n) is 2.40. The van der Waals surface area contributed by atoms with Crippen molar-refractivity contribution in [2.24, 2.45) is 0 Å². The lowest BCUT2D eigenvalue weighted by Crippen LogP contribution is -2.20. The van der Waals surface area contributed by atoms with Crippen LogP contribution in [-0.2, 0) is 4.74 Å². The molecule has 2 rings (SSSR count). The fraction of sp³-hybridized carbons (Fsp3) is 0.375. The number of aliphatic hydroxyl groups is 1. The van der Waals surface area contributed by atoms with Crippen LogP contribution in [0.3, 0.4) is 0 Å². The molecular formula is C16H20O2. The largest absolute Gasteiger partial charge is 0.386 e. The van der Waals surface area contributed by atoms with Crippen molar-refractivity contribution in [3.63, 3.8) is 0 Å². The van der Waals surface area contributed by atoms with Gasteiger partial charge >= 0.3 is 0 Å². The van der Waals surface area contributed by atoms with Crippen molar-refractivity contribution < 1.29 is 9.84 Å². The van der Waals surface area contributed by atoms with E-state index < -0.39 is 6.10 Å². The average Bonchev–Trinajstić information content (AvgIpc) is 2.43. The summed E-state index contributed by atoms with van der Waals surface area (Å²) in [6.07, 6.45) is 1.16.